The molecule has 0 bridgehead atoms. The molecule has 0 radical (unpaired) electrons. The molecule has 6 nitrogen and oxygen atoms in total. The number of rotatable bonds is 6. The molecule has 0 spiro atoms. The number of aryl methyl sites for hydroxylation is 1. The van der Waals surface area contributed by atoms with Gasteiger partial charge in [-0.15, -0.1) is 0 Å². The van der Waals surface area contributed by atoms with E-state index in [4.69, 9.17) is 10.4 Å². The second kappa shape index (κ2) is 8.42. The molecule has 0 fully saturated rings. The molecule has 2 atom stereocenters. The summed E-state index contributed by atoms with van der Waals surface area (Å²) in [6.07, 6.45) is 2.85. The highest BCUT2D eigenvalue weighted by Crippen LogP contribution is 2.38. The van der Waals surface area contributed by atoms with Gasteiger partial charge >= 0.3 is 0 Å². The Bertz CT molecular complexity index is 1080. The fraction of sp³-hybridized carbons (Fsp3) is 0.292. The summed E-state index contributed by atoms with van der Waals surface area (Å²) in [7, 11) is 0. The molecule has 2 aromatic carbocycles. The Morgan fingerprint density at radius 1 is 1.17 bits per heavy atom. The van der Waals surface area contributed by atoms with Gasteiger partial charge in [-0.1, -0.05) is 49.4 Å². The van der Waals surface area contributed by atoms with Gasteiger partial charge in [-0.2, -0.15) is 10.4 Å². The third-order valence-electron chi connectivity index (χ3n) is 5.61. The van der Waals surface area contributed by atoms with E-state index in [9.17, 15) is 4.79 Å². The van der Waals surface area contributed by atoms with E-state index < -0.39 is 0 Å². The maximum Gasteiger partial charge on any atom is 0.258 e. The summed E-state index contributed by atoms with van der Waals surface area (Å²) in [5, 5.41) is 17.4. The van der Waals surface area contributed by atoms with Crippen LogP contribution in [0.5, 0.6) is 0 Å². The lowest BCUT2D eigenvalue weighted by atomic mass is 9.99. The second-order valence-electron chi connectivity index (χ2n) is 7.53. The largest absolute Gasteiger partial charge is 0.361 e. The van der Waals surface area contributed by atoms with Crippen LogP contribution in [-0.2, 0) is 6.54 Å². The fourth-order valence-corrected chi connectivity index (χ4v) is 3.88. The van der Waals surface area contributed by atoms with E-state index >= 15 is 0 Å². The van der Waals surface area contributed by atoms with Crippen LogP contribution in [0.1, 0.15) is 48.8 Å². The van der Waals surface area contributed by atoms with Crippen LogP contribution in [0, 0.1) is 11.3 Å². The van der Waals surface area contributed by atoms with Gasteiger partial charge in [-0.05, 0) is 25.5 Å². The number of hydrogen-bond acceptors (Lipinski definition) is 4. The maximum atomic E-state index is 13.4. The van der Waals surface area contributed by atoms with E-state index in [-0.39, 0.29) is 18.1 Å². The molecule has 0 saturated heterocycles. The third kappa shape index (κ3) is 3.55. The molecule has 2 heterocycles. The van der Waals surface area contributed by atoms with Gasteiger partial charge in [0.25, 0.3) is 5.91 Å². The van der Waals surface area contributed by atoms with Crippen molar-refractivity contribution in [1.82, 2.24) is 14.7 Å². The van der Waals surface area contributed by atoms with Crippen LogP contribution >= 0.6 is 0 Å². The van der Waals surface area contributed by atoms with Crippen molar-refractivity contribution in [3.63, 3.8) is 0 Å². The minimum atomic E-state index is -0.339. The van der Waals surface area contributed by atoms with E-state index in [2.05, 4.69) is 25.2 Å². The molecule has 6 heteroatoms. The van der Waals surface area contributed by atoms with E-state index in [0.29, 0.717) is 18.5 Å². The lowest BCUT2D eigenvalue weighted by molar-refractivity contribution is 0.0594. The van der Waals surface area contributed by atoms with Crippen LogP contribution in [0.4, 0.5) is 5.69 Å². The molecule has 3 aromatic rings. The standard InChI is InChI=1S/C24H25N5O/c1-3-17(2)29-23(26-21-13-8-7-12-19(21)24(29)30)20-16-28(15-9-14-25)27-22(20)18-10-5-4-6-11-18/h4-8,10-13,16-17,23,26H,3,9,15H2,1-2H3/t17-,23+/m0/s1. The van der Waals surface area contributed by atoms with Crippen molar-refractivity contribution in [3.05, 3.63) is 71.9 Å². The van der Waals surface area contributed by atoms with Gasteiger partial charge in [0.15, 0.2) is 0 Å². The van der Waals surface area contributed by atoms with Gasteiger partial charge in [0.05, 0.1) is 30.3 Å². The Balaban J connectivity index is 1.85. The normalized spacial score (nSPS) is 16.5. The molecule has 0 saturated carbocycles. The minimum absolute atomic E-state index is 0.0208. The number of fused-ring (bicyclic) bond motifs is 1. The van der Waals surface area contributed by atoms with Crippen molar-refractivity contribution >= 4 is 11.6 Å². The number of amides is 1. The average Bonchev–Trinajstić information content (AvgIpc) is 3.22. The maximum absolute atomic E-state index is 13.4. The van der Waals surface area contributed by atoms with Crippen LogP contribution in [0.2, 0.25) is 0 Å². The fourth-order valence-electron chi connectivity index (χ4n) is 3.88. The predicted molar refractivity (Wildman–Crippen MR) is 117 cm³/mol. The molecule has 30 heavy (non-hydrogen) atoms. The lowest BCUT2D eigenvalue weighted by Crippen LogP contribution is -2.47. The molecule has 1 aromatic heterocycles. The molecule has 1 aliphatic rings. The molecule has 1 N–H and O–H groups in total. The van der Waals surface area contributed by atoms with Gasteiger partial charge in [-0.3, -0.25) is 9.48 Å². The predicted octanol–water partition coefficient (Wildman–Crippen LogP) is 4.83. The van der Waals surface area contributed by atoms with E-state index in [1.54, 1.807) is 0 Å². The number of nitriles is 1. The van der Waals surface area contributed by atoms with Crippen molar-refractivity contribution in [2.45, 2.75) is 45.4 Å². The number of carbonyl (C=O) groups excluding carboxylic acids is 1. The van der Waals surface area contributed by atoms with Crippen molar-refractivity contribution in [3.8, 4) is 17.3 Å². The van der Waals surface area contributed by atoms with Gasteiger partial charge < -0.3 is 10.2 Å². The summed E-state index contributed by atoms with van der Waals surface area (Å²) in [5.41, 5.74) is 4.26. The Labute approximate surface area is 176 Å². The first kappa shape index (κ1) is 19.7. The highest BCUT2D eigenvalue weighted by molar-refractivity contribution is 6.02. The van der Waals surface area contributed by atoms with Gasteiger partial charge in [0, 0.05) is 29.1 Å². The smallest absolute Gasteiger partial charge is 0.258 e. The van der Waals surface area contributed by atoms with Crippen molar-refractivity contribution in [1.29, 1.82) is 5.26 Å². The van der Waals surface area contributed by atoms with E-state index in [1.807, 2.05) is 70.4 Å². The first-order valence-electron chi connectivity index (χ1n) is 10.3. The van der Waals surface area contributed by atoms with Crippen LogP contribution in [0.15, 0.2) is 60.8 Å². The molecule has 1 amide bonds. The summed E-state index contributed by atoms with van der Waals surface area (Å²) in [6.45, 7) is 4.67. The number of nitrogens with one attached hydrogen (secondary N) is 1. The molecule has 1 aliphatic heterocycles. The van der Waals surface area contributed by atoms with Crippen LogP contribution in [-0.4, -0.2) is 26.6 Å². The number of benzene rings is 2. The summed E-state index contributed by atoms with van der Waals surface area (Å²) in [6, 6.07) is 19.8. The Kier molecular flexibility index (Phi) is 5.53. The molecular formula is C24H25N5O. The van der Waals surface area contributed by atoms with Crippen molar-refractivity contribution < 1.29 is 4.79 Å². The zero-order valence-corrected chi connectivity index (χ0v) is 17.2. The highest BCUT2D eigenvalue weighted by atomic mass is 16.2. The second-order valence-corrected chi connectivity index (χ2v) is 7.53. The van der Waals surface area contributed by atoms with Crippen LogP contribution in [0.25, 0.3) is 11.3 Å². The zero-order valence-electron chi connectivity index (χ0n) is 17.2. The summed E-state index contributed by atoms with van der Waals surface area (Å²) in [4.78, 5) is 15.4. The summed E-state index contributed by atoms with van der Waals surface area (Å²) >= 11 is 0. The van der Waals surface area contributed by atoms with E-state index in [0.717, 1.165) is 28.9 Å². The molecule has 152 valence electrons. The van der Waals surface area contributed by atoms with Gasteiger partial charge in [0.2, 0.25) is 0 Å². The zero-order chi connectivity index (χ0) is 21.1. The highest BCUT2D eigenvalue weighted by Gasteiger charge is 2.37. The third-order valence-corrected chi connectivity index (χ3v) is 5.61. The number of carbonyl (C=O) groups is 1. The SMILES string of the molecule is CC[C@H](C)N1C(=O)c2ccccc2N[C@H]1c1cn(CCC#N)nc1-c1ccccc1. The Hall–Kier alpha value is -3.59. The number of aromatic nitrogens is 2. The average molecular weight is 399 g/mol. The number of nitrogens with zero attached hydrogens (tertiary/aromatic N) is 4. The minimum Gasteiger partial charge on any atom is -0.361 e. The molecule has 0 unspecified atom stereocenters. The number of hydrogen-bond donors (Lipinski definition) is 1. The number of anilines is 1. The lowest BCUT2D eigenvalue weighted by Gasteiger charge is -2.41. The van der Waals surface area contributed by atoms with Crippen LogP contribution < -0.4 is 5.32 Å². The first-order chi connectivity index (χ1) is 14.6. The molecule has 0 aliphatic carbocycles. The Morgan fingerprint density at radius 3 is 2.63 bits per heavy atom. The summed E-state index contributed by atoms with van der Waals surface area (Å²) in [5.74, 6) is 0.0208. The first-order valence-corrected chi connectivity index (χ1v) is 10.3. The number of para-hydroxylation sites is 1. The quantitative estimate of drug-likeness (QED) is 0.644. The monoisotopic (exact) mass is 399 g/mol. The summed E-state index contributed by atoms with van der Waals surface area (Å²) < 4.78 is 1.81. The van der Waals surface area contributed by atoms with Crippen molar-refractivity contribution in [2.24, 2.45) is 0 Å². The topological polar surface area (TPSA) is 74.0 Å². The van der Waals surface area contributed by atoms with Crippen molar-refractivity contribution in [2.75, 3.05) is 5.32 Å². The van der Waals surface area contributed by atoms with Crippen LogP contribution in [0.3, 0.4) is 0 Å². The van der Waals surface area contributed by atoms with Gasteiger partial charge in [0.1, 0.15) is 6.17 Å². The Morgan fingerprint density at radius 2 is 1.90 bits per heavy atom. The van der Waals surface area contributed by atoms with Gasteiger partial charge in [-0.25, -0.2) is 0 Å². The molecular weight excluding hydrogens is 374 g/mol. The van der Waals surface area contributed by atoms with E-state index in [1.165, 1.54) is 0 Å². The molecule has 4 rings (SSSR count).